The number of unbranched alkanes of at least 4 members (excludes halogenated alkanes) is 5. The summed E-state index contributed by atoms with van der Waals surface area (Å²) in [6.07, 6.45) is -2.40. The zero-order valence-electron chi connectivity index (χ0n) is 9.82. The lowest BCUT2D eigenvalue weighted by atomic mass is 9.97. The van der Waals surface area contributed by atoms with Crippen LogP contribution in [0.2, 0.25) is 0 Å². The van der Waals surface area contributed by atoms with E-state index in [-0.39, 0.29) is 6.42 Å². The molecule has 0 bridgehead atoms. The average molecular weight is 258 g/mol. The molecule has 0 saturated heterocycles. The van der Waals surface area contributed by atoms with Gasteiger partial charge in [-0.1, -0.05) is 39.0 Å². The largest absolute Gasteiger partial charge is 0.479 e. The Morgan fingerprint density at radius 1 is 1.00 bits per heavy atom. The molecule has 0 fully saturated rings. The van der Waals surface area contributed by atoms with Crippen molar-refractivity contribution in [3.05, 3.63) is 0 Å². The van der Waals surface area contributed by atoms with Crippen molar-refractivity contribution < 1.29 is 27.5 Å². The van der Waals surface area contributed by atoms with E-state index in [1.165, 1.54) is 0 Å². The SMILES string of the molecule is CCCCCCCCC(F)(C(=O)O)C(F)(F)F. The van der Waals surface area contributed by atoms with Crippen molar-refractivity contribution in [1.82, 2.24) is 0 Å². The zero-order chi connectivity index (χ0) is 13.5. The Kier molecular flexibility index (Phi) is 6.49. The van der Waals surface area contributed by atoms with E-state index in [0.717, 1.165) is 19.3 Å². The molecule has 1 N–H and O–H groups in total. The maximum absolute atomic E-state index is 13.3. The highest BCUT2D eigenvalue weighted by atomic mass is 19.4. The van der Waals surface area contributed by atoms with Crippen LogP contribution in [-0.4, -0.2) is 22.9 Å². The first-order valence-electron chi connectivity index (χ1n) is 5.74. The lowest BCUT2D eigenvalue weighted by Crippen LogP contribution is -2.48. The summed E-state index contributed by atoms with van der Waals surface area (Å²) in [7, 11) is 0. The third kappa shape index (κ3) is 4.91. The van der Waals surface area contributed by atoms with E-state index in [2.05, 4.69) is 0 Å². The number of halogens is 4. The molecule has 0 aliphatic rings. The summed E-state index contributed by atoms with van der Waals surface area (Å²) in [5.41, 5.74) is -4.10. The van der Waals surface area contributed by atoms with Gasteiger partial charge in [-0.25, -0.2) is 9.18 Å². The highest BCUT2D eigenvalue weighted by Gasteiger charge is 2.61. The molecule has 0 aromatic rings. The Hall–Kier alpha value is -0.810. The van der Waals surface area contributed by atoms with Crippen LogP contribution in [-0.2, 0) is 4.79 Å². The van der Waals surface area contributed by atoms with E-state index < -0.39 is 24.2 Å². The van der Waals surface area contributed by atoms with Crippen molar-refractivity contribution in [2.75, 3.05) is 0 Å². The molecule has 0 rings (SSSR count). The molecule has 0 saturated carbocycles. The number of carboxylic acids is 1. The minimum atomic E-state index is -5.34. The number of hydrogen-bond donors (Lipinski definition) is 1. The molecule has 17 heavy (non-hydrogen) atoms. The van der Waals surface area contributed by atoms with Crippen molar-refractivity contribution in [2.24, 2.45) is 0 Å². The molecule has 0 radical (unpaired) electrons. The third-order valence-electron chi connectivity index (χ3n) is 2.66. The molecule has 0 aliphatic heterocycles. The third-order valence-corrected chi connectivity index (χ3v) is 2.66. The molecule has 1 atom stereocenters. The number of hydrogen-bond acceptors (Lipinski definition) is 1. The number of carboxylic acid groups (broad SMARTS) is 1. The monoisotopic (exact) mass is 258 g/mol. The molecular weight excluding hydrogens is 240 g/mol. The molecule has 0 aliphatic carbocycles. The van der Waals surface area contributed by atoms with Gasteiger partial charge in [-0.2, -0.15) is 13.2 Å². The first kappa shape index (κ1) is 16.2. The van der Waals surface area contributed by atoms with Gasteiger partial charge in [0, 0.05) is 6.42 Å². The van der Waals surface area contributed by atoms with Gasteiger partial charge in [-0.15, -0.1) is 0 Å². The predicted octanol–water partition coefficient (Wildman–Crippen LogP) is 4.09. The van der Waals surface area contributed by atoms with Gasteiger partial charge in [-0.3, -0.25) is 0 Å². The van der Waals surface area contributed by atoms with Gasteiger partial charge in [0.25, 0.3) is 0 Å². The van der Waals surface area contributed by atoms with Gasteiger partial charge < -0.3 is 5.11 Å². The van der Waals surface area contributed by atoms with Crippen LogP contribution in [0.25, 0.3) is 0 Å². The maximum atomic E-state index is 13.3. The first-order valence-corrected chi connectivity index (χ1v) is 5.74. The molecule has 6 heteroatoms. The number of rotatable bonds is 8. The molecule has 0 heterocycles. The molecule has 2 nitrogen and oxygen atoms in total. The van der Waals surface area contributed by atoms with E-state index in [1.807, 2.05) is 6.92 Å². The quantitative estimate of drug-likeness (QED) is 0.526. The Balaban J connectivity index is 4.09. The van der Waals surface area contributed by atoms with Gasteiger partial charge in [0.1, 0.15) is 0 Å². The van der Waals surface area contributed by atoms with Gasteiger partial charge in [-0.05, 0) is 6.42 Å². The van der Waals surface area contributed by atoms with Crippen LogP contribution in [0.15, 0.2) is 0 Å². The minimum Gasteiger partial charge on any atom is -0.479 e. The zero-order valence-corrected chi connectivity index (χ0v) is 9.82. The van der Waals surface area contributed by atoms with Gasteiger partial charge in [0.05, 0.1) is 0 Å². The van der Waals surface area contributed by atoms with Gasteiger partial charge in [0.2, 0.25) is 0 Å². The summed E-state index contributed by atoms with van der Waals surface area (Å²) in [4.78, 5) is 10.3. The van der Waals surface area contributed by atoms with Crippen molar-refractivity contribution in [3.8, 4) is 0 Å². The second-order valence-electron chi connectivity index (χ2n) is 4.12. The van der Waals surface area contributed by atoms with E-state index in [9.17, 15) is 22.4 Å². The normalized spacial score (nSPS) is 15.6. The maximum Gasteiger partial charge on any atom is 0.433 e. The Morgan fingerprint density at radius 2 is 1.47 bits per heavy atom. The number of alkyl halides is 4. The van der Waals surface area contributed by atoms with E-state index in [0.29, 0.717) is 12.8 Å². The summed E-state index contributed by atoms with van der Waals surface area (Å²) in [5, 5.41) is 8.31. The van der Waals surface area contributed by atoms with Crippen molar-refractivity contribution in [1.29, 1.82) is 0 Å². The van der Waals surface area contributed by atoms with E-state index >= 15 is 0 Å². The van der Waals surface area contributed by atoms with Crippen LogP contribution in [0, 0.1) is 0 Å². The van der Waals surface area contributed by atoms with Crippen molar-refractivity contribution >= 4 is 5.97 Å². The molecule has 0 aromatic carbocycles. The summed E-state index contributed by atoms with van der Waals surface area (Å²) in [5.74, 6) is -2.45. The van der Waals surface area contributed by atoms with Crippen molar-refractivity contribution in [3.63, 3.8) is 0 Å². The number of aliphatic carboxylic acids is 1. The minimum absolute atomic E-state index is 0.0635. The van der Waals surface area contributed by atoms with Crippen LogP contribution in [0.1, 0.15) is 51.9 Å². The standard InChI is InChI=1S/C11H18F4O2/c1-2-3-4-5-6-7-8-10(12,9(16)17)11(13,14)15/h2-8H2,1H3,(H,16,17). The van der Waals surface area contributed by atoms with Crippen LogP contribution < -0.4 is 0 Å². The predicted molar refractivity (Wildman–Crippen MR) is 55.5 cm³/mol. The molecule has 0 aromatic heterocycles. The van der Waals surface area contributed by atoms with Crippen LogP contribution >= 0.6 is 0 Å². The Labute approximate surface area is 98.0 Å². The molecule has 0 spiro atoms. The lowest BCUT2D eigenvalue weighted by molar-refractivity contribution is -0.238. The van der Waals surface area contributed by atoms with Gasteiger partial charge in [0.15, 0.2) is 0 Å². The highest BCUT2D eigenvalue weighted by Crippen LogP contribution is 2.38. The summed E-state index contributed by atoms with van der Waals surface area (Å²) in [6, 6.07) is 0. The van der Waals surface area contributed by atoms with E-state index in [4.69, 9.17) is 5.11 Å². The molecular formula is C11H18F4O2. The molecule has 0 amide bonds. The highest BCUT2D eigenvalue weighted by molar-refractivity contribution is 5.78. The topological polar surface area (TPSA) is 37.3 Å². The lowest BCUT2D eigenvalue weighted by Gasteiger charge is -2.23. The average Bonchev–Trinajstić information content (AvgIpc) is 2.20. The second-order valence-corrected chi connectivity index (χ2v) is 4.12. The van der Waals surface area contributed by atoms with Crippen LogP contribution in [0.4, 0.5) is 17.6 Å². The van der Waals surface area contributed by atoms with Crippen LogP contribution in [0.5, 0.6) is 0 Å². The Bertz CT molecular complexity index is 240. The van der Waals surface area contributed by atoms with Crippen molar-refractivity contribution in [2.45, 2.75) is 63.7 Å². The summed E-state index contributed by atoms with van der Waals surface area (Å²) in [6.45, 7) is 2.00. The van der Waals surface area contributed by atoms with Gasteiger partial charge >= 0.3 is 17.8 Å². The Morgan fingerprint density at radius 3 is 1.88 bits per heavy atom. The fourth-order valence-electron chi connectivity index (χ4n) is 1.52. The van der Waals surface area contributed by atoms with Crippen LogP contribution in [0.3, 0.4) is 0 Å². The first-order chi connectivity index (χ1) is 7.75. The smallest absolute Gasteiger partial charge is 0.433 e. The molecule has 102 valence electrons. The summed E-state index contributed by atoms with van der Waals surface area (Å²) < 4.78 is 50.0. The second kappa shape index (κ2) is 6.81. The molecule has 1 unspecified atom stereocenters. The number of carbonyl (C=O) groups is 1. The fourth-order valence-corrected chi connectivity index (χ4v) is 1.52. The fraction of sp³-hybridized carbons (Fsp3) is 0.909. The summed E-state index contributed by atoms with van der Waals surface area (Å²) >= 11 is 0. The van der Waals surface area contributed by atoms with E-state index in [1.54, 1.807) is 0 Å².